The smallest absolute Gasteiger partial charge is 0.323 e. The van der Waals surface area contributed by atoms with E-state index in [-0.39, 0.29) is 22.6 Å². The predicted octanol–water partition coefficient (Wildman–Crippen LogP) is 3.40. The molecule has 1 aromatic carbocycles. The van der Waals surface area contributed by atoms with Crippen molar-refractivity contribution in [2.24, 2.45) is 13.0 Å². The third kappa shape index (κ3) is 4.32. The van der Waals surface area contributed by atoms with E-state index in [2.05, 4.69) is 11.5 Å². The Balaban J connectivity index is 2.05. The summed E-state index contributed by atoms with van der Waals surface area (Å²) in [6, 6.07) is 7.88. The second-order valence-corrected chi connectivity index (χ2v) is 10.2. The minimum atomic E-state index is -0.482. The Bertz CT molecular complexity index is 1520. The minimum Gasteiger partial charge on any atom is -0.323 e. The van der Waals surface area contributed by atoms with Crippen molar-refractivity contribution in [1.82, 2.24) is 23.7 Å². The Hall–Kier alpha value is -3.24. The number of carbonyl (C=O) groups is 1. The van der Waals surface area contributed by atoms with Crippen molar-refractivity contribution in [3.63, 3.8) is 0 Å². The van der Waals surface area contributed by atoms with Crippen molar-refractivity contribution in [3.05, 3.63) is 61.4 Å². The van der Waals surface area contributed by atoms with Crippen LogP contribution >= 0.6 is 11.3 Å². The molecular formula is C25H31N5O4S. The van der Waals surface area contributed by atoms with Crippen molar-refractivity contribution in [3.8, 4) is 0 Å². The molecule has 1 amide bonds. The lowest BCUT2D eigenvalue weighted by Gasteiger charge is -2.16. The van der Waals surface area contributed by atoms with Crippen LogP contribution < -0.4 is 11.2 Å². The van der Waals surface area contributed by atoms with Crippen LogP contribution in [-0.2, 0) is 31.4 Å². The number of fused-ring (bicyclic) bond motifs is 2. The number of nitrogens with zero attached hydrogens (tertiary/aromatic N) is 5. The molecule has 35 heavy (non-hydrogen) atoms. The summed E-state index contributed by atoms with van der Waals surface area (Å²) in [7, 11) is 4.37. The van der Waals surface area contributed by atoms with Crippen molar-refractivity contribution >= 4 is 38.5 Å². The maximum atomic E-state index is 13.5. The monoisotopic (exact) mass is 497 g/mol. The van der Waals surface area contributed by atoms with E-state index in [1.54, 1.807) is 4.57 Å². The zero-order valence-electron chi connectivity index (χ0n) is 21.0. The number of imidazole rings is 1. The highest BCUT2D eigenvalue weighted by Crippen LogP contribution is 2.32. The molecule has 0 aliphatic rings. The molecule has 3 aromatic heterocycles. The Morgan fingerprint density at radius 3 is 2.57 bits per heavy atom. The normalized spacial score (nSPS) is 11.7. The Labute approximate surface area is 207 Å². The lowest BCUT2D eigenvalue weighted by Crippen LogP contribution is -2.39. The van der Waals surface area contributed by atoms with Crippen LogP contribution in [0.5, 0.6) is 0 Å². The molecule has 0 spiro atoms. The fourth-order valence-electron chi connectivity index (χ4n) is 4.34. The molecule has 186 valence electrons. The third-order valence-corrected chi connectivity index (χ3v) is 7.27. The standard InChI is InChI=1S/C25H31N5O4S/c1-7-10-19-26-16-11-8-9-12-17(16)29(19)14-18-20(23(32)28(5)34-6)21-22(31)27(4)25(33)30(13-15(2)3)24(21)35-18/h8-9,11-12,15H,7,10,13-14H2,1-6H3. The number of thiophene rings is 1. The quantitative estimate of drug-likeness (QED) is 0.348. The van der Waals surface area contributed by atoms with Gasteiger partial charge in [-0.15, -0.1) is 11.3 Å². The van der Waals surface area contributed by atoms with Crippen molar-refractivity contribution in [2.45, 2.75) is 46.7 Å². The summed E-state index contributed by atoms with van der Waals surface area (Å²) in [5.41, 5.74) is 1.24. The SMILES string of the molecule is CCCc1nc2ccccc2n1Cc1sc2c(c1C(=O)N(C)OC)c(=O)n(C)c(=O)n2CC(C)C. The highest BCUT2D eigenvalue weighted by atomic mass is 32.1. The van der Waals surface area contributed by atoms with E-state index in [4.69, 9.17) is 9.82 Å². The van der Waals surface area contributed by atoms with E-state index in [9.17, 15) is 14.4 Å². The number of aromatic nitrogens is 4. The fraction of sp³-hybridized carbons (Fsp3) is 0.440. The van der Waals surface area contributed by atoms with Crippen LogP contribution in [-0.4, -0.2) is 43.8 Å². The van der Waals surface area contributed by atoms with E-state index in [1.165, 1.54) is 32.5 Å². The number of amides is 1. The van der Waals surface area contributed by atoms with Gasteiger partial charge in [-0.05, 0) is 24.5 Å². The molecule has 0 bridgehead atoms. The van der Waals surface area contributed by atoms with Gasteiger partial charge in [-0.2, -0.15) is 0 Å². The van der Waals surface area contributed by atoms with E-state index in [1.807, 2.05) is 38.1 Å². The summed E-state index contributed by atoms with van der Waals surface area (Å²) in [6.45, 7) is 6.91. The van der Waals surface area contributed by atoms with Crippen LogP contribution in [0.3, 0.4) is 0 Å². The van der Waals surface area contributed by atoms with Crippen LogP contribution in [0.15, 0.2) is 33.9 Å². The number of rotatable bonds is 8. The van der Waals surface area contributed by atoms with E-state index in [0.717, 1.165) is 39.3 Å². The first-order valence-corrected chi connectivity index (χ1v) is 12.5. The van der Waals surface area contributed by atoms with Gasteiger partial charge in [-0.3, -0.25) is 23.6 Å². The molecule has 3 heterocycles. The molecular weight excluding hydrogens is 466 g/mol. The lowest BCUT2D eigenvalue weighted by atomic mass is 10.1. The van der Waals surface area contributed by atoms with Crippen LogP contribution in [0.1, 0.15) is 48.3 Å². The zero-order valence-corrected chi connectivity index (χ0v) is 21.8. The largest absolute Gasteiger partial charge is 0.331 e. The van der Waals surface area contributed by atoms with Gasteiger partial charge in [0.25, 0.3) is 11.5 Å². The number of para-hydroxylation sites is 2. The number of aryl methyl sites for hydroxylation is 1. The van der Waals surface area contributed by atoms with Crippen LogP contribution in [0.25, 0.3) is 21.3 Å². The molecule has 0 aliphatic carbocycles. The van der Waals surface area contributed by atoms with E-state index < -0.39 is 11.5 Å². The zero-order chi connectivity index (χ0) is 25.4. The van der Waals surface area contributed by atoms with Gasteiger partial charge in [0.15, 0.2) is 0 Å². The van der Waals surface area contributed by atoms with E-state index in [0.29, 0.717) is 22.8 Å². The Morgan fingerprint density at radius 1 is 1.20 bits per heavy atom. The number of benzene rings is 1. The van der Waals surface area contributed by atoms with Crippen molar-refractivity contribution < 1.29 is 9.63 Å². The van der Waals surface area contributed by atoms with Gasteiger partial charge in [-0.1, -0.05) is 32.9 Å². The van der Waals surface area contributed by atoms with Crippen LogP contribution in [0.2, 0.25) is 0 Å². The fourth-order valence-corrected chi connectivity index (χ4v) is 5.61. The Morgan fingerprint density at radius 2 is 1.91 bits per heavy atom. The molecule has 0 unspecified atom stereocenters. The van der Waals surface area contributed by atoms with Gasteiger partial charge in [0.1, 0.15) is 10.7 Å². The molecule has 10 heteroatoms. The van der Waals surface area contributed by atoms with Crippen molar-refractivity contribution in [1.29, 1.82) is 0 Å². The summed E-state index contributed by atoms with van der Waals surface area (Å²) >= 11 is 1.32. The summed E-state index contributed by atoms with van der Waals surface area (Å²) in [5, 5.41) is 1.37. The molecule has 0 fully saturated rings. The van der Waals surface area contributed by atoms with Gasteiger partial charge < -0.3 is 4.57 Å². The minimum absolute atomic E-state index is 0.175. The second kappa shape index (κ2) is 9.79. The third-order valence-electron chi connectivity index (χ3n) is 6.07. The molecule has 4 rings (SSSR count). The average molecular weight is 498 g/mol. The van der Waals surface area contributed by atoms with Gasteiger partial charge in [0.05, 0.1) is 35.6 Å². The lowest BCUT2D eigenvalue weighted by molar-refractivity contribution is -0.0756. The van der Waals surface area contributed by atoms with Gasteiger partial charge in [0.2, 0.25) is 0 Å². The number of carbonyl (C=O) groups excluding carboxylic acids is 1. The second-order valence-electron chi connectivity index (χ2n) is 9.07. The topological polar surface area (TPSA) is 91.4 Å². The maximum absolute atomic E-state index is 13.5. The van der Waals surface area contributed by atoms with Crippen LogP contribution in [0, 0.1) is 5.92 Å². The Kier molecular flexibility index (Phi) is 6.95. The summed E-state index contributed by atoms with van der Waals surface area (Å²) in [6.07, 6.45) is 1.70. The molecule has 0 atom stereocenters. The first-order chi connectivity index (χ1) is 16.7. The highest BCUT2D eigenvalue weighted by molar-refractivity contribution is 7.19. The maximum Gasteiger partial charge on any atom is 0.331 e. The van der Waals surface area contributed by atoms with Gasteiger partial charge in [0, 0.05) is 31.9 Å². The molecule has 4 aromatic rings. The van der Waals surface area contributed by atoms with Gasteiger partial charge >= 0.3 is 5.69 Å². The molecule has 9 nitrogen and oxygen atoms in total. The highest BCUT2D eigenvalue weighted by Gasteiger charge is 2.28. The predicted molar refractivity (Wildman–Crippen MR) is 138 cm³/mol. The molecule has 0 radical (unpaired) electrons. The average Bonchev–Trinajstić information content (AvgIpc) is 3.38. The van der Waals surface area contributed by atoms with Gasteiger partial charge in [-0.25, -0.2) is 14.8 Å². The molecule has 0 saturated carbocycles. The number of hydrogen-bond acceptors (Lipinski definition) is 6. The van der Waals surface area contributed by atoms with Crippen molar-refractivity contribution in [2.75, 3.05) is 14.2 Å². The first-order valence-electron chi connectivity index (χ1n) is 11.7. The molecule has 0 N–H and O–H groups in total. The van der Waals surface area contributed by atoms with E-state index >= 15 is 0 Å². The molecule has 0 aliphatic heterocycles. The summed E-state index contributed by atoms with van der Waals surface area (Å²) < 4.78 is 4.79. The summed E-state index contributed by atoms with van der Waals surface area (Å²) in [5.74, 6) is 0.660. The number of hydroxylamine groups is 2. The summed E-state index contributed by atoms with van der Waals surface area (Å²) in [4.78, 5) is 51.1. The van der Waals surface area contributed by atoms with Crippen LogP contribution in [0.4, 0.5) is 0 Å². The molecule has 0 saturated heterocycles. The first kappa shape index (κ1) is 24.9. The number of hydrogen-bond donors (Lipinski definition) is 0.